The normalized spacial score (nSPS) is 13.4. The van der Waals surface area contributed by atoms with Crippen molar-refractivity contribution in [2.45, 2.75) is 58.5 Å². The summed E-state index contributed by atoms with van der Waals surface area (Å²) in [5.41, 5.74) is 0.621. The molecule has 0 aliphatic heterocycles. The summed E-state index contributed by atoms with van der Waals surface area (Å²) in [4.78, 5) is 17.4. The van der Waals surface area contributed by atoms with Gasteiger partial charge in [0, 0.05) is 18.2 Å². The van der Waals surface area contributed by atoms with Gasteiger partial charge >= 0.3 is 0 Å². The Hall–Kier alpha value is -2.14. The molecule has 1 unspecified atom stereocenters. The van der Waals surface area contributed by atoms with Crippen LogP contribution in [0.1, 0.15) is 52.9 Å². The molecular formula is C21H30N2O3. The quantitative estimate of drug-likeness (QED) is 0.611. The zero-order valence-electron chi connectivity index (χ0n) is 16.3. The van der Waals surface area contributed by atoms with Crippen molar-refractivity contribution in [1.82, 2.24) is 4.98 Å². The summed E-state index contributed by atoms with van der Waals surface area (Å²) in [5.74, 6) is 0.573. The number of anilines is 1. The van der Waals surface area contributed by atoms with Gasteiger partial charge in [0.05, 0.1) is 12.8 Å². The minimum atomic E-state index is -0.834. The number of rotatable bonds is 10. The van der Waals surface area contributed by atoms with Gasteiger partial charge in [-0.05, 0) is 44.0 Å². The molecule has 0 bridgehead atoms. The number of hydrogen-bond acceptors (Lipinski definition) is 4. The van der Waals surface area contributed by atoms with Crippen LogP contribution in [0.15, 0.2) is 30.5 Å². The van der Waals surface area contributed by atoms with Crippen molar-refractivity contribution in [3.8, 4) is 5.75 Å². The van der Waals surface area contributed by atoms with Crippen LogP contribution in [0.4, 0.5) is 5.69 Å². The number of aromatic nitrogens is 1. The van der Waals surface area contributed by atoms with Crippen LogP contribution in [-0.4, -0.2) is 30.2 Å². The lowest BCUT2D eigenvalue weighted by atomic mass is 9.96. The highest BCUT2D eigenvalue weighted by molar-refractivity contribution is 6.05. The molecule has 1 aromatic heterocycles. The molecule has 0 fully saturated rings. The van der Waals surface area contributed by atoms with Crippen molar-refractivity contribution in [3.05, 3.63) is 30.5 Å². The highest BCUT2D eigenvalue weighted by atomic mass is 16.5. The molecule has 142 valence electrons. The fourth-order valence-corrected chi connectivity index (χ4v) is 2.97. The Kier molecular flexibility index (Phi) is 7.39. The standard InChI is InChI=1S/C21H30N2O3/c1-5-7-8-13-21(3,26-15-6-2)20(24)23-17-11-12-18(25-4)19-16(17)10-9-14-22-19/h9-12,14H,5-8,13,15H2,1-4H3,(H,23,24). The van der Waals surface area contributed by atoms with Gasteiger partial charge in [-0.15, -0.1) is 0 Å². The van der Waals surface area contributed by atoms with E-state index in [1.807, 2.05) is 38.1 Å². The molecule has 0 spiro atoms. The maximum Gasteiger partial charge on any atom is 0.256 e. The molecule has 2 aromatic rings. The Morgan fingerprint density at radius 2 is 2.00 bits per heavy atom. The second-order valence-corrected chi connectivity index (χ2v) is 6.71. The van der Waals surface area contributed by atoms with Crippen molar-refractivity contribution >= 4 is 22.5 Å². The summed E-state index contributed by atoms with van der Waals surface area (Å²) in [7, 11) is 1.62. The highest BCUT2D eigenvalue weighted by Crippen LogP contribution is 2.31. The van der Waals surface area contributed by atoms with Gasteiger partial charge in [-0.3, -0.25) is 9.78 Å². The van der Waals surface area contributed by atoms with Crippen LogP contribution in [0.5, 0.6) is 5.75 Å². The topological polar surface area (TPSA) is 60.5 Å². The zero-order chi connectivity index (χ0) is 19.0. The first-order valence-corrected chi connectivity index (χ1v) is 9.42. The number of nitrogens with zero attached hydrogens (tertiary/aromatic N) is 1. The van der Waals surface area contributed by atoms with Gasteiger partial charge < -0.3 is 14.8 Å². The Morgan fingerprint density at radius 3 is 2.69 bits per heavy atom. The fraction of sp³-hybridized carbons (Fsp3) is 0.524. The van der Waals surface area contributed by atoms with E-state index < -0.39 is 5.60 Å². The number of nitrogens with one attached hydrogen (secondary N) is 1. The number of benzene rings is 1. The van der Waals surface area contributed by atoms with Crippen LogP contribution in [0.2, 0.25) is 0 Å². The van der Waals surface area contributed by atoms with Gasteiger partial charge in [0.2, 0.25) is 0 Å². The minimum Gasteiger partial charge on any atom is -0.494 e. The van der Waals surface area contributed by atoms with Crippen LogP contribution in [0.3, 0.4) is 0 Å². The van der Waals surface area contributed by atoms with Gasteiger partial charge in [0.25, 0.3) is 5.91 Å². The van der Waals surface area contributed by atoms with Crippen molar-refractivity contribution in [2.75, 3.05) is 19.0 Å². The second kappa shape index (κ2) is 9.53. The number of fused-ring (bicyclic) bond motifs is 1. The number of pyridine rings is 1. The first-order chi connectivity index (χ1) is 12.6. The number of methoxy groups -OCH3 is 1. The number of amides is 1. The molecule has 1 heterocycles. The number of hydrogen-bond donors (Lipinski definition) is 1. The first kappa shape index (κ1) is 20.2. The van der Waals surface area contributed by atoms with E-state index in [2.05, 4.69) is 17.2 Å². The number of unbranched alkanes of at least 4 members (excludes halogenated alkanes) is 2. The minimum absolute atomic E-state index is 0.114. The van der Waals surface area contributed by atoms with E-state index in [0.29, 0.717) is 18.8 Å². The molecule has 0 radical (unpaired) electrons. The largest absolute Gasteiger partial charge is 0.494 e. The first-order valence-electron chi connectivity index (χ1n) is 9.42. The highest BCUT2D eigenvalue weighted by Gasteiger charge is 2.34. The third kappa shape index (κ3) is 4.73. The van der Waals surface area contributed by atoms with Crippen molar-refractivity contribution in [3.63, 3.8) is 0 Å². The lowest BCUT2D eigenvalue weighted by Crippen LogP contribution is -2.43. The summed E-state index contributed by atoms with van der Waals surface area (Å²) in [6.45, 7) is 6.66. The molecule has 0 aliphatic rings. The van der Waals surface area contributed by atoms with Gasteiger partial charge in [-0.25, -0.2) is 0 Å². The number of carbonyl (C=O) groups excluding carboxylic acids is 1. The molecule has 26 heavy (non-hydrogen) atoms. The van der Waals surface area contributed by atoms with Crippen LogP contribution >= 0.6 is 0 Å². The molecule has 5 heteroatoms. The molecule has 5 nitrogen and oxygen atoms in total. The average Bonchev–Trinajstić information content (AvgIpc) is 2.66. The molecule has 1 N–H and O–H groups in total. The van der Waals surface area contributed by atoms with E-state index in [0.717, 1.165) is 42.3 Å². The molecule has 2 rings (SSSR count). The third-order valence-corrected chi connectivity index (χ3v) is 4.56. The monoisotopic (exact) mass is 358 g/mol. The van der Waals surface area contributed by atoms with E-state index in [9.17, 15) is 4.79 Å². The Bertz CT molecular complexity index is 732. The van der Waals surface area contributed by atoms with Gasteiger partial charge in [0.1, 0.15) is 16.9 Å². The smallest absolute Gasteiger partial charge is 0.256 e. The summed E-state index contributed by atoms with van der Waals surface area (Å²) < 4.78 is 11.3. The lowest BCUT2D eigenvalue weighted by molar-refractivity contribution is -0.140. The van der Waals surface area contributed by atoms with Crippen LogP contribution in [-0.2, 0) is 9.53 Å². The molecule has 0 saturated carbocycles. The Labute approximate surface area is 156 Å². The van der Waals surface area contributed by atoms with E-state index >= 15 is 0 Å². The average molecular weight is 358 g/mol. The molecule has 1 amide bonds. The second-order valence-electron chi connectivity index (χ2n) is 6.71. The van der Waals surface area contributed by atoms with Crippen molar-refractivity contribution in [1.29, 1.82) is 0 Å². The van der Waals surface area contributed by atoms with Crippen LogP contribution in [0, 0.1) is 0 Å². The maximum atomic E-state index is 13.0. The molecular weight excluding hydrogens is 328 g/mol. The molecule has 0 aliphatic carbocycles. The molecule has 0 saturated heterocycles. The SMILES string of the molecule is CCCCCC(C)(OCCC)C(=O)Nc1ccc(OC)c2ncccc12. The zero-order valence-corrected chi connectivity index (χ0v) is 16.3. The van der Waals surface area contributed by atoms with E-state index in [1.54, 1.807) is 13.3 Å². The van der Waals surface area contributed by atoms with Gasteiger partial charge in [0.15, 0.2) is 0 Å². The lowest BCUT2D eigenvalue weighted by Gasteiger charge is -2.29. The van der Waals surface area contributed by atoms with Gasteiger partial charge in [-0.1, -0.05) is 33.1 Å². The molecule has 1 atom stereocenters. The van der Waals surface area contributed by atoms with Crippen molar-refractivity contribution < 1.29 is 14.3 Å². The fourth-order valence-electron chi connectivity index (χ4n) is 2.97. The van der Waals surface area contributed by atoms with Gasteiger partial charge in [-0.2, -0.15) is 0 Å². The van der Waals surface area contributed by atoms with Crippen LogP contribution < -0.4 is 10.1 Å². The summed E-state index contributed by atoms with van der Waals surface area (Å²) >= 11 is 0. The Morgan fingerprint density at radius 1 is 1.19 bits per heavy atom. The summed E-state index contributed by atoms with van der Waals surface area (Å²) in [6, 6.07) is 7.46. The third-order valence-electron chi connectivity index (χ3n) is 4.56. The predicted octanol–water partition coefficient (Wildman–Crippen LogP) is 4.95. The van der Waals surface area contributed by atoms with E-state index in [1.165, 1.54) is 0 Å². The van der Waals surface area contributed by atoms with E-state index in [-0.39, 0.29) is 5.91 Å². The van der Waals surface area contributed by atoms with Crippen molar-refractivity contribution in [2.24, 2.45) is 0 Å². The predicted molar refractivity (Wildman–Crippen MR) is 106 cm³/mol. The molecule has 1 aromatic carbocycles. The van der Waals surface area contributed by atoms with E-state index in [4.69, 9.17) is 9.47 Å². The number of ether oxygens (including phenoxy) is 2. The maximum absolute atomic E-state index is 13.0. The summed E-state index contributed by atoms with van der Waals surface area (Å²) in [5, 5.41) is 3.91. The Balaban J connectivity index is 2.26. The number of carbonyl (C=O) groups is 1. The van der Waals surface area contributed by atoms with Crippen LogP contribution in [0.25, 0.3) is 10.9 Å². The summed E-state index contributed by atoms with van der Waals surface area (Å²) in [6.07, 6.45) is 6.48.